The summed E-state index contributed by atoms with van der Waals surface area (Å²) in [6.07, 6.45) is 2.67. The molecule has 4 heteroatoms. The third-order valence-corrected chi connectivity index (χ3v) is 4.33. The van der Waals surface area contributed by atoms with Gasteiger partial charge in [-0.15, -0.1) is 0 Å². The van der Waals surface area contributed by atoms with Gasteiger partial charge < -0.3 is 9.84 Å². The lowest BCUT2D eigenvalue weighted by molar-refractivity contribution is -0.131. The maximum Gasteiger partial charge on any atom is 0.328 e. The first-order chi connectivity index (χ1) is 11.7. The molecule has 25 heavy (non-hydrogen) atoms. The number of benzene rings is 2. The number of carboxylic acids is 1. The first kappa shape index (κ1) is 19.3. The largest absolute Gasteiger partial charge is 0.488 e. The SMILES string of the molecule is Cc1cc(Br)cc(/C=C/C(=O)O)c1OCc1ccc(C(C)(C)C)cc1. The van der Waals surface area contributed by atoms with Crippen LogP contribution in [0.1, 0.15) is 43.0 Å². The highest BCUT2D eigenvalue weighted by Gasteiger charge is 2.13. The summed E-state index contributed by atoms with van der Waals surface area (Å²) in [6.45, 7) is 8.93. The maximum atomic E-state index is 10.8. The molecule has 0 aliphatic carbocycles. The van der Waals surface area contributed by atoms with Crippen molar-refractivity contribution >= 4 is 28.0 Å². The van der Waals surface area contributed by atoms with Crippen LogP contribution >= 0.6 is 15.9 Å². The Morgan fingerprint density at radius 3 is 2.40 bits per heavy atom. The number of aliphatic carboxylic acids is 1. The van der Waals surface area contributed by atoms with E-state index in [0.717, 1.165) is 27.2 Å². The third kappa shape index (κ3) is 5.46. The highest BCUT2D eigenvalue weighted by Crippen LogP contribution is 2.30. The minimum Gasteiger partial charge on any atom is -0.488 e. The fourth-order valence-corrected chi connectivity index (χ4v) is 3.08. The van der Waals surface area contributed by atoms with Crippen molar-refractivity contribution in [1.82, 2.24) is 0 Å². The van der Waals surface area contributed by atoms with E-state index in [4.69, 9.17) is 9.84 Å². The van der Waals surface area contributed by atoms with E-state index < -0.39 is 5.97 Å². The molecule has 2 aromatic rings. The molecule has 0 radical (unpaired) electrons. The Hall–Kier alpha value is -2.07. The summed E-state index contributed by atoms with van der Waals surface area (Å²) in [5.74, 6) is -0.290. The van der Waals surface area contributed by atoms with Crippen LogP contribution in [0.25, 0.3) is 6.08 Å². The fourth-order valence-electron chi connectivity index (χ4n) is 2.49. The van der Waals surface area contributed by atoms with Gasteiger partial charge in [-0.3, -0.25) is 0 Å². The van der Waals surface area contributed by atoms with Crippen LogP contribution in [-0.4, -0.2) is 11.1 Å². The molecule has 0 amide bonds. The van der Waals surface area contributed by atoms with Crippen molar-refractivity contribution < 1.29 is 14.6 Å². The Bertz CT molecular complexity index is 784. The second kappa shape index (κ2) is 7.87. The van der Waals surface area contributed by atoms with E-state index in [0.29, 0.717) is 12.4 Å². The van der Waals surface area contributed by atoms with Crippen molar-refractivity contribution in [2.45, 2.75) is 39.7 Å². The molecule has 0 saturated heterocycles. The van der Waals surface area contributed by atoms with Gasteiger partial charge in [-0.1, -0.05) is 61.0 Å². The van der Waals surface area contributed by atoms with Gasteiger partial charge in [-0.2, -0.15) is 0 Å². The van der Waals surface area contributed by atoms with E-state index in [1.165, 1.54) is 5.56 Å². The Balaban J connectivity index is 2.21. The zero-order valence-corrected chi connectivity index (χ0v) is 16.6. The molecule has 0 aromatic heterocycles. The van der Waals surface area contributed by atoms with Crippen molar-refractivity contribution in [3.63, 3.8) is 0 Å². The van der Waals surface area contributed by atoms with Gasteiger partial charge >= 0.3 is 5.97 Å². The number of carboxylic acid groups (broad SMARTS) is 1. The Morgan fingerprint density at radius 1 is 1.20 bits per heavy atom. The minimum atomic E-state index is -0.985. The molecular formula is C21H23BrO3. The second-order valence-corrected chi connectivity index (χ2v) is 7.96. The average molecular weight is 403 g/mol. The molecule has 132 valence electrons. The van der Waals surface area contributed by atoms with E-state index in [2.05, 4.69) is 61.0 Å². The molecule has 0 aliphatic rings. The van der Waals surface area contributed by atoms with E-state index >= 15 is 0 Å². The van der Waals surface area contributed by atoms with Crippen LogP contribution < -0.4 is 4.74 Å². The van der Waals surface area contributed by atoms with Crippen molar-refractivity contribution in [1.29, 1.82) is 0 Å². The van der Waals surface area contributed by atoms with Gasteiger partial charge in [0.15, 0.2) is 0 Å². The second-order valence-electron chi connectivity index (χ2n) is 7.05. The molecule has 0 saturated carbocycles. The number of aryl methyl sites for hydroxylation is 1. The molecule has 0 atom stereocenters. The maximum absolute atomic E-state index is 10.8. The molecule has 0 bridgehead atoms. The normalized spacial score (nSPS) is 11.7. The Morgan fingerprint density at radius 2 is 1.84 bits per heavy atom. The van der Waals surface area contributed by atoms with Crippen molar-refractivity contribution in [3.8, 4) is 5.75 Å². The van der Waals surface area contributed by atoms with Gasteiger partial charge in [-0.05, 0) is 47.2 Å². The molecule has 0 unspecified atom stereocenters. The van der Waals surface area contributed by atoms with Crippen LogP contribution in [0.15, 0.2) is 46.9 Å². The van der Waals surface area contributed by atoms with Gasteiger partial charge in [0.25, 0.3) is 0 Å². The lowest BCUT2D eigenvalue weighted by Gasteiger charge is -2.19. The van der Waals surface area contributed by atoms with E-state index in [9.17, 15) is 4.79 Å². The number of halogens is 1. The molecule has 3 nitrogen and oxygen atoms in total. The molecule has 0 spiro atoms. The number of ether oxygens (including phenoxy) is 1. The van der Waals surface area contributed by atoms with Crippen LogP contribution in [0.4, 0.5) is 0 Å². The van der Waals surface area contributed by atoms with Crippen LogP contribution in [0.2, 0.25) is 0 Å². The van der Waals surface area contributed by atoms with Crippen LogP contribution in [0, 0.1) is 6.92 Å². The fraction of sp³-hybridized carbons (Fsp3) is 0.286. The summed E-state index contributed by atoms with van der Waals surface area (Å²) < 4.78 is 6.89. The van der Waals surface area contributed by atoms with Gasteiger partial charge in [0.2, 0.25) is 0 Å². The number of hydrogen-bond acceptors (Lipinski definition) is 2. The Kier molecular flexibility index (Phi) is 6.07. The summed E-state index contributed by atoms with van der Waals surface area (Å²) in [7, 11) is 0. The predicted octanol–water partition coefficient (Wildman–Crippen LogP) is 5.73. The smallest absolute Gasteiger partial charge is 0.328 e. The molecule has 2 rings (SSSR count). The summed E-state index contributed by atoms with van der Waals surface area (Å²) >= 11 is 3.44. The third-order valence-electron chi connectivity index (χ3n) is 3.88. The van der Waals surface area contributed by atoms with Gasteiger partial charge in [0.1, 0.15) is 12.4 Å². The summed E-state index contributed by atoms with van der Waals surface area (Å²) in [5, 5.41) is 8.86. The van der Waals surface area contributed by atoms with Gasteiger partial charge in [0, 0.05) is 16.1 Å². The molecule has 0 heterocycles. The highest BCUT2D eigenvalue weighted by molar-refractivity contribution is 9.10. The first-order valence-corrected chi connectivity index (χ1v) is 8.89. The van der Waals surface area contributed by atoms with Gasteiger partial charge in [-0.25, -0.2) is 4.79 Å². The van der Waals surface area contributed by atoms with Gasteiger partial charge in [0.05, 0.1) is 0 Å². The zero-order valence-electron chi connectivity index (χ0n) is 15.0. The van der Waals surface area contributed by atoms with E-state index in [1.54, 1.807) is 6.08 Å². The quantitative estimate of drug-likeness (QED) is 0.649. The van der Waals surface area contributed by atoms with E-state index in [-0.39, 0.29) is 5.41 Å². The predicted molar refractivity (Wildman–Crippen MR) is 105 cm³/mol. The zero-order chi connectivity index (χ0) is 18.6. The lowest BCUT2D eigenvalue weighted by atomic mass is 9.87. The first-order valence-electron chi connectivity index (χ1n) is 8.10. The molecule has 1 N–H and O–H groups in total. The topological polar surface area (TPSA) is 46.5 Å². The van der Waals surface area contributed by atoms with Crippen molar-refractivity contribution in [2.75, 3.05) is 0 Å². The van der Waals surface area contributed by atoms with Crippen LogP contribution in [0.5, 0.6) is 5.75 Å². The molecular weight excluding hydrogens is 380 g/mol. The average Bonchev–Trinajstić information content (AvgIpc) is 2.51. The summed E-state index contributed by atoms with van der Waals surface area (Å²) in [5.41, 5.74) is 4.16. The number of rotatable bonds is 5. The number of hydrogen-bond donors (Lipinski definition) is 1. The molecule has 2 aromatic carbocycles. The van der Waals surface area contributed by atoms with E-state index in [1.807, 2.05) is 19.1 Å². The lowest BCUT2D eigenvalue weighted by Crippen LogP contribution is -2.10. The summed E-state index contributed by atoms with van der Waals surface area (Å²) in [6, 6.07) is 12.2. The molecule has 0 fully saturated rings. The van der Waals surface area contributed by atoms with Crippen LogP contribution in [-0.2, 0) is 16.8 Å². The monoisotopic (exact) mass is 402 g/mol. The van der Waals surface area contributed by atoms with Crippen LogP contribution in [0.3, 0.4) is 0 Å². The number of carbonyl (C=O) groups is 1. The van der Waals surface area contributed by atoms with Crippen molar-refractivity contribution in [2.24, 2.45) is 0 Å². The Labute approximate surface area is 157 Å². The minimum absolute atomic E-state index is 0.122. The van der Waals surface area contributed by atoms with Crippen molar-refractivity contribution in [3.05, 3.63) is 69.2 Å². The summed E-state index contributed by atoms with van der Waals surface area (Å²) in [4.78, 5) is 10.8. The highest BCUT2D eigenvalue weighted by atomic mass is 79.9. The standard InChI is InChI=1S/C21H23BrO3/c1-14-11-18(22)12-16(7-10-19(23)24)20(14)25-13-15-5-8-17(9-6-15)21(2,3)4/h5-12H,13H2,1-4H3,(H,23,24)/b10-7+. The molecule has 0 aliphatic heterocycles.